The Bertz CT molecular complexity index is 279. The van der Waals surface area contributed by atoms with Crippen LogP contribution in [-0.2, 0) is 0 Å². The lowest BCUT2D eigenvalue weighted by atomic mass is 9.79. The van der Waals surface area contributed by atoms with Crippen LogP contribution in [-0.4, -0.2) is 28.9 Å². The summed E-state index contributed by atoms with van der Waals surface area (Å²) in [6, 6.07) is 1.65. The second-order valence-corrected chi connectivity index (χ2v) is 6.56. The Labute approximate surface area is 114 Å². The minimum Gasteiger partial charge on any atom is -0.355 e. The number of aliphatic imine (C=N–C) groups is 1. The minimum absolute atomic E-state index is 0.411. The molecule has 1 fully saturated rings. The van der Waals surface area contributed by atoms with Crippen molar-refractivity contribution < 1.29 is 0 Å². The molecular formula is C16H32N2. The maximum absolute atomic E-state index is 4.87. The molecule has 0 aromatic heterocycles. The largest absolute Gasteiger partial charge is 0.355 e. The van der Waals surface area contributed by atoms with E-state index in [9.17, 15) is 0 Å². The molecular weight excluding hydrogens is 220 g/mol. The summed E-state index contributed by atoms with van der Waals surface area (Å²) in [5.41, 5.74) is 0. The van der Waals surface area contributed by atoms with Crippen LogP contribution >= 0.6 is 0 Å². The van der Waals surface area contributed by atoms with Gasteiger partial charge in [0.15, 0.2) is 0 Å². The summed E-state index contributed by atoms with van der Waals surface area (Å²) in [7, 11) is 0. The first-order valence-electron chi connectivity index (χ1n) is 7.73. The molecule has 18 heavy (non-hydrogen) atoms. The number of likely N-dealkylation sites (tertiary alicyclic amines) is 1. The molecule has 0 bridgehead atoms. The van der Waals surface area contributed by atoms with Gasteiger partial charge in [-0.15, -0.1) is 0 Å². The van der Waals surface area contributed by atoms with Crippen LogP contribution in [0, 0.1) is 11.8 Å². The number of amidine groups is 1. The Morgan fingerprint density at radius 2 is 1.78 bits per heavy atom. The van der Waals surface area contributed by atoms with Crippen molar-refractivity contribution in [1.29, 1.82) is 0 Å². The lowest BCUT2D eigenvalue weighted by molar-refractivity contribution is 0.121. The average Bonchev–Trinajstić information content (AvgIpc) is 2.26. The molecule has 0 saturated carbocycles. The number of nitrogens with zero attached hydrogens (tertiary/aromatic N) is 2. The predicted octanol–water partition coefficient (Wildman–Crippen LogP) is 4.35. The monoisotopic (exact) mass is 252 g/mol. The lowest BCUT2D eigenvalue weighted by Gasteiger charge is -2.47. The second kappa shape index (κ2) is 6.58. The Morgan fingerprint density at radius 1 is 1.17 bits per heavy atom. The van der Waals surface area contributed by atoms with E-state index in [0.717, 1.165) is 18.3 Å². The highest BCUT2D eigenvalue weighted by atomic mass is 15.2. The van der Waals surface area contributed by atoms with E-state index in [1.807, 2.05) is 0 Å². The normalized spacial score (nSPS) is 27.9. The van der Waals surface area contributed by atoms with Crippen molar-refractivity contribution in [2.45, 2.75) is 85.9 Å². The summed E-state index contributed by atoms with van der Waals surface area (Å²) < 4.78 is 0. The van der Waals surface area contributed by atoms with Gasteiger partial charge < -0.3 is 4.90 Å². The van der Waals surface area contributed by atoms with E-state index in [-0.39, 0.29) is 0 Å². The molecule has 2 heteroatoms. The molecule has 1 heterocycles. The van der Waals surface area contributed by atoms with Crippen LogP contribution in [0.2, 0.25) is 0 Å². The highest BCUT2D eigenvalue weighted by Crippen LogP contribution is 2.34. The van der Waals surface area contributed by atoms with E-state index < -0.39 is 0 Å². The van der Waals surface area contributed by atoms with Crippen LogP contribution in [0.25, 0.3) is 0 Å². The Hall–Kier alpha value is -0.530. The Morgan fingerprint density at radius 3 is 2.17 bits per heavy atom. The fourth-order valence-corrected chi connectivity index (χ4v) is 3.40. The van der Waals surface area contributed by atoms with Gasteiger partial charge in [-0.2, -0.15) is 0 Å². The number of rotatable bonds is 4. The van der Waals surface area contributed by atoms with Crippen molar-refractivity contribution >= 4 is 5.84 Å². The van der Waals surface area contributed by atoms with E-state index in [1.54, 1.807) is 0 Å². The van der Waals surface area contributed by atoms with Gasteiger partial charge in [-0.1, -0.05) is 20.8 Å². The first-order chi connectivity index (χ1) is 8.38. The Balaban J connectivity index is 3.01. The number of piperidine rings is 1. The van der Waals surface area contributed by atoms with Crippen molar-refractivity contribution in [2.75, 3.05) is 0 Å². The maximum Gasteiger partial charge on any atom is 0.0997 e. The zero-order chi connectivity index (χ0) is 13.9. The highest BCUT2D eigenvalue weighted by Gasteiger charge is 2.36. The van der Waals surface area contributed by atoms with Crippen LogP contribution in [0.5, 0.6) is 0 Å². The molecule has 1 saturated heterocycles. The van der Waals surface area contributed by atoms with E-state index >= 15 is 0 Å². The molecule has 2 nitrogen and oxygen atoms in total. The third-order valence-corrected chi connectivity index (χ3v) is 4.09. The van der Waals surface area contributed by atoms with Gasteiger partial charge in [0.2, 0.25) is 0 Å². The van der Waals surface area contributed by atoms with Crippen molar-refractivity contribution in [3.05, 3.63) is 0 Å². The molecule has 0 amide bonds. The summed E-state index contributed by atoms with van der Waals surface area (Å²) in [6.45, 7) is 16.0. The van der Waals surface area contributed by atoms with E-state index in [0.29, 0.717) is 18.1 Å². The minimum atomic E-state index is 0.411. The smallest absolute Gasteiger partial charge is 0.0997 e. The molecule has 0 aromatic carbocycles. The van der Waals surface area contributed by atoms with E-state index in [4.69, 9.17) is 4.99 Å². The standard InChI is InChI=1S/C16H32N2/c1-8-15-14(11(2)3)9-10-16(17-12(4)5)18(15)13(6)7/h11-15H,8-10H2,1-7H3. The molecule has 1 aliphatic rings. The molecule has 106 valence electrons. The average molecular weight is 252 g/mol. The van der Waals surface area contributed by atoms with Gasteiger partial charge in [0.1, 0.15) is 0 Å². The SMILES string of the molecule is CCC1C(C(C)C)CCC(=NC(C)C)N1C(C)C. The van der Waals surface area contributed by atoms with Crippen LogP contribution in [0.15, 0.2) is 4.99 Å². The Kier molecular flexibility index (Phi) is 5.68. The fraction of sp³-hybridized carbons (Fsp3) is 0.938. The molecule has 0 aromatic rings. The third kappa shape index (κ3) is 3.49. The first-order valence-corrected chi connectivity index (χ1v) is 7.73. The maximum atomic E-state index is 4.87. The van der Waals surface area contributed by atoms with Crippen LogP contribution < -0.4 is 0 Å². The predicted molar refractivity (Wildman–Crippen MR) is 81.2 cm³/mol. The zero-order valence-electron chi connectivity index (χ0n) is 13.4. The fourth-order valence-electron chi connectivity index (χ4n) is 3.40. The van der Waals surface area contributed by atoms with Gasteiger partial charge in [-0.3, -0.25) is 4.99 Å². The van der Waals surface area contributed by atoms with Crippen LogP contribution in [0.1, 0.15) is 67.7 Å². The van der Waals surface area contributed by atoms with Crippen LogP contribution in [0.4, 0.5) is 0 Å². The number of hydrogen-bond donors (Lipinski definition) is 0. The number of hydrogen-bond acceptors (Lipinski definition) is 1. The van der Waals surface area contributed by atoms with Gasteiger partial charge in [0.25, 0.3) is 0 Å². The molecule has 0 aliphatic carbocycles. The molecule has 0 spiro atoms. The second-order valence-electron chi connectivity index (χ2n) is 6.56. The van der Waals surface area contributed by atoms with Crippen molar-refractivity contribution in [3.63, 3.8) is 0 Å². The molecule has 2 unspecified atom stereocenters. The molecule has 0 radical (unpaired) electrons. The molecule has 1 aliphatic heterocycles. The topological polar surface area (TPSA) is 15.6 Å². The summed E-state index contributed by atoms with van der Waals surface area (Å²) in [5, 5.41) is 0. The quantitative estimate of drug-likeness (QED) is 0.726. The van der Waals surface area contributed by atoms with Crippen molar-refractivity contribution in [1.82, 2.24) is 4.90 Å². The zero-order valence-corrected chi connectivity index (χ0v) is 13.4. The molecule has 2 atom stereocenters. The van der Waals surface area contributed by atoms with E-state index in [2.05, 4.69) is 53.4 Å². The van der Waals surface area contributed by atoms with Gasteiger partial charge in [0.05, 0.1) is 5.84 Å². The van der Waals surface area contributed by atoms with Gasteiger partial charge in [-0.05, 0) is 52.4 Å². The molecule has 1 rings (SSSR count). The first kappa shape index (κ1) is 15.5. The highest BCUT2D eigenvalue weighted by molar-refractivity contribution is 5.84. The lowest BCUT2D eigenvalue weighted by Crippen LogP contribution is -2.53. The summed E-state index contributed by atoms with van der Waals surface area (Å²) in [6.07, 6.45) is 3.71. The van der Waals surface area contributed by atoms with Crippen molar-refractivity contribution in [2.24, 2.45) is 16.8 Å². The van der Waals surface area contributed by atoms with Gasteiger partial charge in [0, 0.05) is 24.5 Å². The third-order valence-electron chi connectivity index (χ3n) is 4.09. The van der Waals surface area contributed by atoms with Gasteiger partial charge >= 0.3 is 0 Å². The molecule has 0 N–H and O–H groups in total. The van der Waals surface area contributed by atoms with Gasteiger partial charge in [-0.25, -0.2) is 0 Å². The summed E-state index contributed by atoms with van der Waals surface area (Å²) in [4.78, 5) is 7.48. The summed E-state index contributed by atoms with van der Waals surface area (Å²) in [5.74, 6) is 2.95. The van der Waals surface area contributed by atoms with E-state index in [1.165, 1.54) is 18.7 Å². The summed E-state index contributed by atoms with van der Waals surface area (Å²) >= 11 is 0. The van der Waals surface area contributed by atoms with Crippen LogP contribution in [0.3, 0.4) is 0 Å². The van der Waals surface area contributed by atoms with Crippen molar-refractivity contribution in [3.8, 4) is 0 Å².